The average molecular weight is 744 g/mol. The van der Waals surface area contributed by atoms with E-state index in [9.17, 15) is 27.6 Å². The summed E-state index contributed by atoms with van der Waals surface area (Å²) in [4.78, 5) is 59.5. The number of hydrogen-bond acceptors (Lipinski definition) is 11. The molecule has 13 nitrogen and oxygen atoms in total. The molecule has 0 saturated carbocycles. The summed E-state index contributed by atoms with van der Waals surface area (Å²) in [6, 6.07) is 8.01. The first-order valence-electron chi connectivity index (χ1n) is 18.0. The molecule has 0 unspecified atom stereocenters. The molecule has 3 heterocycles. The van der Waals surface area contributed by atoms with E-state index in [0.717, 1.165) is 24.8 Å². The number of likely N-dealkylation sites (tertiary alicyclic amines) is 2. The number of rotatable bonds is 15. The standard InChI is InChI=1S/C38H53N3O10S/c1-27-8-11-33(12-9-27)52(46,47)50-20-19-49-32-21-31(24-39-25-32)30(23-36(44)48-5)22-34(42)29-7-6-16-41(26-29)35(43)13-10-28-14-17-40(18-15-28)37(45)51-38(2,3)4/h8-9,11-12,21,24-25,28-30H,6-7,10,13-20,22-23,26H2,1-5H3/t29-,30+/m1/s1. The largest absolute Gasteiger partial charge is 0.490 e. The molecule has 0 bridgehead atoms. The predicted octanol–water partition coefficient (Wildman–Crippen LogP) is 5.45. The topological polar surface area (TPSA) is 159 Å². The number of benzene rings is 1. The molecular weight excluding hydrogens is 690 g/mol. The van der Waals surface area contributed by atoms with Crippen LogP contribution in [0.25, 0.3) is 0 Å². The number of Topliss-reactive ketones (excluding diaryl/α,β-unsaturated/α-hetero) is 1. The number of methoxy groups -OCH3 is 1. The Bertz CT molecular complexity index is 1630. The van der Waals surface area contributed by atoms with Crippen molar-refractivity contribution in [1.82, 2.24) is 14.8 Å². The third-order valence-corrected chi connectivity index (χ3v) is 10.8. The highest BCUT2D eigenvalue weighted by atomic mass is 32.2. The van der Waals surface area contributed by atoms with Crippen LogP contribution in [0.2, 0.25) is 0 Å². The Morgan fingerprint density at radius 3 is 2.33 bits per heavy atom. The number of hydrogen-bond donors (Lipinski definition) is 0. The van der Waals surface area contributed by atoms with Crippen LogP contribution in [0.3, 0.4) is 0 Å². The maximum absolute atomic E-state index is 13.7. The normalized spacial score (nSPS) is 17.7. The van der Waals surface area contributed by atoms with E-state index in [2.05, 4.69) is 4.98 Å². The van der Waals surface area contributed by atoms with Crippen LogP contribution in [0.4, 0.5) is 4.79 Å². The molecule has 0 radical (unpaired) electrons. The van der Waals surface area contributed by atoms with Crippen molar-refractivity contribution in [2.75, 3.05) is 46.5 Å². The fourth-order valence-corrected chi connectivity index (χ4v) is 7.39. The van der Waals surface area contributed by atoms with Gasteiger partial charge in [0.2, 0.25) is 5.91 Å². The van der Waals surface area contributed by atoms with Gasteiger partial charge in [0.15, 0.2) is 0 Å². The first-order chi connectivity index (χ1) is 24.6. The van der Waals surface area contributed by atoms with Gasteiger partial charge < -0.3 is 24.0 Å². The lowest BCUT2D eigenvalue weighted by Crippen LogP contribution is -2.43. The van der Waals surface area contributed by atoms with Crippen LogP contribution < -0.4 is 4.74 Å². The van der Waals surface area contributed by atoms with Crippen molar-refractivity contribution in [3.8, 4) is 5.75 Å². The average Bonchev–Trinajstić information content (AvgIpc) is 3.12. The fourth-order valence-electron chi connectivity index (χ4n) is 6.50. The molecule has 286 valence electrons. The smallest absolute Gasteiger partial charge is 0.410 e. The highest BCUT2D eigenvalue weighted by molar-refractivity contribution is 7.86. The maximum atomic E-state index is 13.7. The molecular formula is C38H53N3O10S. The Labute approximate surface area is 307 Å². The monoisotopic (exact) mass is 743 g/mol. The Morgan fingerprint density at radius 1 is 0.942 bits per heavy atom. The number of pyridine rings is 1. The molecule has 52 heavy (non-hydrogen) atoms. The summed E-state index contributed by atoms with van der Waals surface area (Å²) in [6.07, 6.45) is 6.88. The molecule has 2 fully saturated rings. The zero-order valence-corrected chi connectivity index (χ0v) is 31.8. The Balaban J connectivity index is 1.27. The van der Waals surface area contributed by atoms with Crippen molar-refractivity contribution in [3.05, 3.63) is 53.9 Å². The molecule has 4 rings (SSSR count). The minimum atomic E-state index is -3.95. The first-order valence-corrected chi connectivity index (χ1v) is 19.4. The quantitative estimate of drug-likeness (QED) is 0.130. The third-order valence-electron chi connectivity index (χ3n) is 9.46. The van der Waals surface area contributed by atoms with Crippen LogP contribution in [-0.4, -0.2) is 99.1 Å². The Morgan fingerprint density at radius 2 is 1.65 bits per heavy atom. The van der Waals surface area contributed by atoms with Gasteiger partial charge in [-0.05, 0) is 89.5 Å². The number of piperidine rings is 2. The molecule has 2 saturated heterocycles. The molecule has 0 N–H and O–H groups in total. The summed E-state index contributed by atoms with van der Waals surface area (Å²) < 4.78 is 46.2. The van der Waals surface area contributed by atoms with Crippen molar-refractivity contribution < 1.29 is 46.0 Å². The molecule has 1 aromatic carbocycles. The second-order valence-corrected chi connectivity index (χ2v) is 16.3. The number of aromatic nitrogens is 1. The number of carbonyl (C=O) groups excluding carboxylic acids is 4. The predicted molar refractivity (Wildman–Crippen MR) is 192 cm³/mol. The number of carbonyl (C=O) groups is 4. The minimum Gasteiger partial charge on any atom is -0.490 e. The van der Waals surface area contributed by atoms with Gasteiger partial charge in [0.25, 0.3) is 10.1 Å². The van der Waals surface area contributed by atoms with Gasteiger partial charge in [-0.25, -0.2) is 4.79 Å². The highest BCUT2D eigenvalue weighted by Gasteiger charge is 2.32. The number of ketones is 1. The molecule has 0 spiro atoms. The molecule has 2 atom stereocenters. The van der Waals surface area contributed by atoms with Gasteiger partial charge in [-0.2, -0.15) is 8.42 Å². The van der Waals surface area contributed by atoms with E-state index >= 15 is 0 Å². The fraction of sp³-hybridized carbons (Fsp3) is 0.605. The lowest BCUT2D eigenvalue weighted by atomic mass is 9.84. The Hall–Kier alpha value is -4.04. The highest BCUT2D eigenvalue weighted by Crippen LogP contribution is 2.31. The van der Waals surface area contributed by atoms with Crippen molar-refractivity contribution in [2.45, 2.75) is 95.5 Å². The summed E-state index contributed by atoms with van der Waals surface area (Å²) in [7, 11) is -2.66. The maximum Gasteiger partial charge on any atom is 0.410 e. The van der Waals surface area contributed by atoms with Crippen LogP contribution in [0.5, 0.6) is 5.75 Å². The summed E-state index contributed by atoms with van der Waals surface area (Å²) >= 11 is 0. The summed E-state index contributed by atoms with van der Waals surface area (Å²) in [5, 5.41) is 0. The number of nitrogens with zero attached hydrogens (tertiary/aromatic N) is 3. The molecule has 2 aromatic rings. The van der Waals surface area contributed by atoms with Gasteiger partial charge in [0, 0.05) is 57.1 Å². The number of amides is 2. The summed E-state index contributed by atoms with van der Waals surface area (Å²) in [5.74, 6) is -0.694. The first kappa shape index (κ1) is 40.7. The number of aryl methyl sites for hydroxylation is 1. The molecule has 2 aliphatic heterocycles. The van der Waals surface area contributed by atoms with Crippen molar-refractivity contribution in [1.29, 1.82) is 0 Å². The molecule has 1 aromatic heterocycles. The van der Waals surface area contributed by atoms with Gasteiger partial charge in [-0.3, -0.25) is 23.6 Å². The lowest BCUT2D eigenvalue weighted by molar-refractivity contribution is -0.141. The van der Waals surface area contributed by atoms with Crippen molar-refractivity contribution in [3.63, 3.8) is 0 Å². The molecule has 14 heteroatoms. The molecule has 0 aliphatic carbocycles. The van der Waals surface area contributed by atoms with Crippen LogP contribution in [0, 0.1) is 18.8 Å². The SMILES string of the molecule is COC(=O)C[C@H](CC(=O)[C@@H]1CCCN(C(=O)CCC2CCN(C(=O)OC(C)(C)C)CC2)C1)c1cncc(OCCOS(=O)(=O)c2ccc(C)cc2)c1. The second-order valence-electron chi connectivity index (χ2n) is 14.7. The second kappa shape index (κ2) is 18.6. The van der Waals surface area contributed by atoms with Gasteiger partial charge in [-0.1, -0.05) is 17.7 Å². The third kappa shape index (κ3) is 12.6. The van der Waals surface area contributed by atoms with Gasteiger partial charge >= 0.3 is 12.1 Å². The van der Waals surface area contributed by atoms with Crippen LogP contribution >= 0.6 is 0 Å². The zero-order valence-electron chi connectivity index (χ0n) is 31.0. The number of ether oxygens (including phenoxy) is 3. The van der Waals surface area contributed by atoms with E-state index in [4.69, 9.17) is 18.4 Å². The number of esters is 1. The van der Waals surface area contributed by atoms with Gasteiger partial charge in [0.05, 0.1) is 24.6 Å². The van der Waals surface area contributed by atoms with Crippen molar-refractivity contribution >= 4 is 33.9 Å². The van der Waals surface area contributed by atoms with E-state index in [1.54, 1.807) is 34.2 Å². The van der Waals surface area contributed by atoms with E-state index in [1.807, 2.05) is 27.7 Å². The van der Waals surface area contributed by atoms with E-state index in [0.29, 0.717) is 62.7 Å². The van der Waals surface area contributed by atoms with Crippen LogP contribution in [0.1, 0.15) is 89.2 Å². The zero-order chi connectivity index (χ0) is 37.9. The lowest BCUT2D eigenvalue weighted by Gasteiger charge is -2.35. The van der Waals surface area contributed by atoms with Gasteiger partial charge in [0.1, 0.15) is 30.3 Å². The van der Waals surface area contributed by atoms with E-state index in [1.165, 1.54) is 25.4 Å². The van der Waals surface area contributed by atoms with Crippen molar-refractivity contribution in [2.24, 2.45) is 11.8 Å². The molecule has 2 amide bonds. The van der Waals surface area contributed by atoms with E-state index < -0.39 is 27.6 Å². The summed E-state index contributed by atoms with van der Waals surface area (Å²) in [5.41, 5.74) is 0.990. The van der Waals surface area contributed by atoms with Gasteiger partial charge in [-0.15, -0.1) is 0 Å². The van der Waals surface area contributed by atoms with E-state index in [-0.39, 0.29) is 54.7 Å². The Kier molecular flexibility index (Phi) is 14.6. The van der Waals surface area contributed by atoms with Crippen LogP contribution in [0.15, 0.2) is 47.6 Å². The summed E-state index contributed by atoms with van der Waals surface area (Å²) in [6.45, 7) is 9.26. The van der Waals surface area contributed by atoms with Crippen LogP contribution in [-0.2, 0) is 38.2 Å². The minimum absolute atomic E-state index is 0.0304. The molecule has 2 aliphatic rings.